The van der Waals surface area contributed by atoms with Gasteiger partial charge < -0.3 is 14.1 Å². The number of thiophene rings is 1. The summed E-state index contributed by atoms with van der Waals surface area (Å²) in [4.78, 5) is 15.7. The second-order valence-electron chi connectivity index (χ2n) is 7.27. The molecule has 0 aliphatic carbocycles. The highest BCUT2D eigenvalue weighted by Gasteiger charge is 2.19. The van der Waals surface area contributed by atoms with Crippen molar-refractivity contribution in [3.63, 3.8) is 0 Å². The lowest BCUT2D eigenvalue weighted by molar-refractivity contribution is -0.127. The summed E-state index contributed by atoms with van der Waals surface area (Å²) < 4.78 is 12.9. The highest BCUT2D eigenvalue weighted by atomic mass is 32.2. The molecule has 1 amide bonds. The molecule has 3 aromatic heterocycles. The summed E-state index contributed by atoms with van der Waals surface area (Å²) in [6.07, 6.45) is 1.64. The van der Waals surface area contributed by atoms with Crippen molar-refractivity contribution < 1.29 is 13.9 Å². The van der Waals surface area contributed by atoms with Gasteiger partial charge in [0.05, 0.1) is 32.2 Å². The lowest BCUT2D eigenvalue weighted by atomic mass is 10.2. The molecule has 0 saturated heterocycles. The van der Waals surface area contributed by atoms with Crippen LogP contribution in [-0.2, 0) is 17.9 Å². The van der Waals surface area contributed by atoms with Crippen molar-refractivity contribution in [1.82, 2.24) is 19.7 Å². The largest absolute Gasteiger partial charge is 0.497 e. The zero-order chi connectivity index (χ0) is 22.5. The normalized spacial score (nSPS) is 11.0. The smallest absolute Gasteiger partial charge is 0.233 e. The number of carbonyl (C=O) groups is 1. The summed E-state index contributed by atoms with van der Waals surface area (Å²) in [6.45, 7) is 3.14. The van der Waals surface area contributed by atoms with Gasteiger partial charge in [0.1, 0.15) is 11.5 Å². The molecule has 4 aromatic rings. The molecule has 7 nitrogen and oxygen atoms in total. The molecule has 0 bridgehead atoms. The summed E-state index contributed by atoms with van der Waals surface area (Å²) >= 11 is 3.05. The van der Waals surface area contributed by atoms with Gasteiger partial charge in [-0.3, -0.25) is 9.36 Å². The average Bonchev–Trinajstić information content (AvgIpc) is 3.55. The minimum absolute atomic E-state index is 0.0401. The fourth-order valence-corrected chi connectivity index (χ4v) is 5.02. The summed E-state index contributed by atoms with van der Waals surface area (Å²) in [5.41, 5.74) is 2.09. The van der Waals surface area contributed by atoms with E-state index in [0.29, 0.717) is 24.1 Å². The van der Waals surface area contributed by atoms with E-state index in [1.54, 1.807) is 29.6 Å². The number of carbonyl (C=O) groups excluding carboxylic acids is 1. The Kier molecular flexibility index (Phi) is 6.96. The molecule has 0 radical (unpaired) electrons. The van der Waals surface area contributed by atoms with Gasteiger partial charge >= 0.3 is 0 Å². The van der Waals surface area contributed by atoms with Gasteiger partial charge in [-0.25, -0.2) is 0 Å². The van der Waals surface area contributed by atoms with Crippen molar-refractivity contribution in [3.05, 3.63) is 70.3 Å². The molecule has 166 valence electrons. The highest BCUT2D eigenvalue weighted by molar-refractivity contribution is 7.99. The number of furan rings is 1. The van der Waals surface area contributed by atoms with Gasteiger partial charge in [0.15, 0.2) is 11.0 Å². The van der Waals surface area contributed by atoms with E-state index in [1.807, 2.05) is 48.0 Å². The molecule has 0 unspecified atom stereocenters. The number of ether oxygens (including phenoxy) is 1. The molecule has 0 spiro atoms. The Bertz CT molecular complexity index is 1180. The van der Waals surface area contributed by atoms with Crippen molar-refractivity contribution >= 4 is 29.0 Å². The summed E-state index contributed by atoms with van der Waals surface area (Å²) in [5.74, 6) is 2.53. The molecular weight excluding hydrogens is 444 g/mol. The van der Waals surface area contributed by atoms with Crippen LogP contribution in [0.2, 0.25) is 0 Å². The standard InChI is InChI=1S/C23H24N4O3S2/c1-16-9-11-31-20(16)14-26(2)21(28)15-32-23-25-24-22(17-6-4-7-18(12-17)29-3)27(23)13-19-8-5-10-30-19/h4-12H,13-15H2,1-3H3. The van der Waals surface area contributed by atoms with E-state index in [2.05, 4.69) is 28.6 Å². The van der Waals surface area contributed by atoms with E-state index in [4.69, 9.17) is 9.15 Å². The fraction of sp³-hybridized carbons (Fsp3) is 0.261. The average molecular weight is 469 g/mol. The molecular formula is C23H24N4O3S2. The van der Waals surface area contributed by atoms with Gasteiger partial charge in [-0.2, -0.15) is 0 Å². The van der Waals surface area contributed by atoms with Gasteiger partial charge in [-0.1, -0.05) is 23.9 Å². The summed E-state index contributed by atoms with van der Waals surface area (Å²) in [6, 6.07) is 13.5. The molecule has 0 atom stereocenters. The number of aromatic nitrogens is 3. The first-order valence-corrected chi connectivity index (χ1v) is 11.9. The number of thioether (sulfide) groups is 1. The fourth-order valence-electron chi connectivity index (χ4n) is 3.18. The van der Waals surface area contributed by atoms with Gasteiger partial charge in [0, 0.05) is 17.5 Å². The van der Waals surface area contributed by atoms with Crippen LogP contribution in [0.3, 0.4) is 0 Å². The van der Waals surface area contributed by atoms with E-state index in [1.165, 1.54) is 22.2 Å². The Hall–Kier alpha value is -3.04. The van der Waals surface area contributed by atoms with Crippen molar-refractivity contribution in [2.24, 2.45) is 0 Å². The lowest BCUT2D eigenvalue weighted by Gasteiger charge is -2.16. The number of hydrogen-bond donors (Lipinski definition) is 0. The maximum absolute atomic E-state index is 12.8. The first-order chi connectivity index (χ1) is 15.5. The molecule has 0 aliphatic rings. The van der Waals surface area contributed by atoms with E-state index in [-0.39, 0.29) is 11.7 Å². The predicted molar refractivity (Wildman–Crippen MR) is 126 cm³/mol. The zero-order valence-corrected chi connectivity index (χ0v) is 19.8. The first kappa shape index (κ1) is 22.2. The maximum Gasteiger partial charge on any atom is 0.233 e. The topological polar surface area (TPSA) is 73.4 Å². The van der Waals surface area contributed by atoms with Crippen LogP contribution in [0.4, 0.5) is 0 Å². The van der Waals surface area contributed by atoms with Crippen LogP contribution in [0.1, 0.15) is 16.2 Å². The second-order valence-corrected chi connectivity index (χ2v) is 9.21. The molecule has 1 aromatic carbocycles. The number of aryl methyl sites for hydroxylation is 1. The third-order valence-corrected chi connectivity index (χ3v) is 7.00. The molecule has 0 fully saturated rings. The zero-order valence-electron chi connectivity index (χ0n) is 18.1. The van der Waals surface area contributed by atoms with Gasteiger partial charge in [0.2, 0.25) is 5.91 Å². The van der Waals surface area contributed by atoms with Gasteiger partial charge in [-0.05, 0) is 48.2 Å². The minimum Gasteiger partial charge on any atom is -0.497 e. The lowest BCUT2D eigenvalue weighted by Crippen LogP contribution is -2.27. The Morgan fingerprint density at radius 2 is 2.12 bits per heavy atom. The van der Waals surface area contributed by atoms with E-state index < -0.39 is 0 Å². The van der Waals surface area contributed by atoms with Crippen molar-refractivity contribution in [2.75, 3.05) is 19.9 Å². The Balaban J connectivity index is 1.53. The number of rotatable bonds is 9. The van der Waals surface area contributed by atoms with Gasteiger partial charge in [0.25, 0.3) is 0 Å². The number of hydrogen-bond acceptors (Lipinski definition) is 7. The van der Waals surface area contributed by atoms with Crippen LogP contribution in [0.15, 0.2) is 63.7 Å². The molecule has 0 N–H and O–H groups in total. The van der Waals surface area contributed by atoms with Crippen LogP contribution in [0.25, 0.3) is 11.4 Å². The first-order valence-electron chi connectivity index (χ1n) is 10.0. The molecule has 4 rings (SSSR count). The number of benzene rings is 1. The SMILES string of the molecule is COc1cccc(-c2nnc(SCC(=O)N(C)Cc3sccc3C)n2Cc2ccco2)c1. The molecule has 0 saturated carbocycles. The number of methoxy groups -OCH3 is 1. The highest BCUT2D eigenvalue weighted by Crippen LogP contribution is 2.28. The monoisotopic (exact) mass is 468 g/mol. The van der Waals surface area contributed by atoms with E-state index in [0.717, 1.165) is 17.1 Å². The van der Waals surface area contributed by atoms with Crippen LogP contribution in [0, 0.1) is 6.92 Å². The summed E-state index contributed by atoms with van der Waals surface area (Å²) in [7, 11) is 3.46. The number of nitrogens with zero attached hydrogens (tertiary/aromatic N) is 4. The van der Waals surface area contributed by atoms with Crippen LogP contribution < -0.4 is 4.74 Å². The van der Waals surface area contributed by atoms with Crippen LogP contribution >= 0.6 is 23.1 Å². The quantitative estimate of drug-likeness (QED) is 0.331. The Morgan fingerprint density at radius 1 is 1.25 bits per heavy atom. The van der Waals surface area contributed by atoms with Crippen LogP contribution in [0.5, 0.6) is 5.75 Å². The van der Waals surface area contributed by atoms with Crippen LogP contribution in [-0.4, -0.2) is 45.5 Å². The summed E-state index contributed by atoms with van der Waals surface area (Å²) in [5, 5.41) is 11.5. The molecule has 0 aliphatic heterocycles. The van der Waals surface area contributed by atoms with Crippen molar-refractivity contribution in [3.8, 4) is 17.1 Å². The second kappa shape index (κ2) is 10.1. The van der Waals surface area contributed by atoms with E-state index >= 15 is 0 Å². The number of amides is 1. The Morgan fingerprint density at radius 3 is 2.84 bits per heavy atom. The molecule has 32 heavy (non-hydrogen) atoms. The minimum atomic E-state index is 0.0401. The van der Waals surface area contributed by atoms with E-state index in [9.17, 15) is 4.79 Å². The molecule has 9 heteroatoms. The Labute approximate surface area is 195 Å². The predicted octanol–water partition coefficient (Wildman–Crippen LogP) is 4.72. The molecule has 3 heterocycles. The third-order valence-electron chi connectivity index (χ3n) is 5.04. The van der Waals surface area contributed by atoms with Crippen molar-refractivity contribution in [1.29, 1.82) is 0 Å². The maximum atomic E-state index is 12.8. The third kappa shape index (κ3) is 5.05. The van der Waals surface area contributed by atoms with Gasteiger partial charge in [-0.15, -0.1) is 21.5 Å². The van der Waals surface area contributed by atoms with Crippen molar-refractivity contribution in [2.45, 2.75) is 25.2 Å².